The molecule has 22 heavy (non-hydrogen) atoms. The van der Waals surface area contributed by atoms with E-state index in [9.17, 15) is 13.2 Å². The summed E-state index contributed by atoms with van der Waals surface area (Å²) in [6.07, 6.45) is 2.73. The highest BCUT2D eigenvalue weighted by Gasteiger charge is 2.19. The molecule has 0 saturated heterocycles. The molecule has 0 bridgehead atoms. The molecule has 1 amide bonds. The third-order valence-electron chi connectivity index (χ3n) is 3.20. The largest absolute Gasteiger partial charge is 0.497 e. The summed E-state index contributed by atoms with van der Waals surface area (Å²) in [4.78, 5) is 11.9. The Morgan fingerprint density at radius 1 is 1.27 bits per heavy atom. The van der Waals surface area contributed by atoms with Crippen LogP contribution in [0.4, 0.5) is 0 Å². The minimum atomic E-state index is -3.37. The highest BCUT2D eigenvalue weighted by Crippen LogP contribution is 2.11. The van der Waals surface area contributed by atoms with Gasteiger partial charge in [0, 0.05) is 13.1 Å². The number of methoxy groups -OCH3 is 1. The Labute approximate surface area is 132 Å². The zero-order valence-corrected chi connectivity index (χ0v) is 14.1. The zero-order valence-electron chi connectivity index (χ0n) is 13.3. The van der Waals surface area contributed by atoms with E-state index in [0.717, 1.165) is 30.4 Å². The van der Waals surface area contributed by atoms with Crippen molar-refractivity contribution in [2.45, 2.75) is 26.3 Å². The van der Waals surface area contributed by atoms with Gasteiger partial charge in [0.1, 0.15) is 5.75 Å². The van der Waals surface area contributed by atoms with Gasteiger partial charge in [-0.05, 0) is 24.1 Å². The fourth-order valence-electron chi connectivity index (χ4n) is 1.86. The number of unbranched alkanes of at least 4 members (excludes halogenated alkanes) is 1. The van der Waals surface area contributed by atoms with Crippen LogP contribution in [-0.4, -0.2) is 45.1 Å². The van der Waals surface area contributed by atoms with E-state index in [1.165, 1.54) is 4.31 Å². The van der Waals surface area contributed by atoms with Crippen LogP contribution >= 0.6 is 0 Å². The van der Waals surface area contributed by atoms with Gasteiger partial charge in [0.2, 0.25) is 15.9 Å². The summed E-state index contributed by atoms with van der Waals surface area (Å²) in [5.41, 5.74) is 0.925. The molecule has 124 valence electrons. The Hall–Kier alpha value is -1.60. The van der Waals surface area contributed by atoms with Crippen molar-refractivity contribution < 1.29 is 17.9 Å². The monoisotopic (exact) mass is 328 g/mol. The maximum absolute atomic E-state index is 11.9. The van der Waals surface area contributed by atoms with E-state index in [1.54, 1.807) is 7.11 Å². The van der Waals surface area contributed by atoms with Crippen LogP contribution in [0, 0.1) is 0 Å². The van der Waals surface area contributed by atoms with Gasteiger partial charge >= 0.3 is 0 Å². The van der Waals surface area contributed by atoms with Crippen LogP contribution in [0.3, 0.4) is 0 Å². The lowest BCUT2D eigenvalue weighted by Gasteiger charge is -2.19. The highest BCUT2D eigenvalue weighted by atomic mass is 32.2. The first-order valence-electron chi connectivity index (χ1n) is 7.21. The molecule has 0 aliphatic rings. The lowest BCUT2D eigenvalue weighted by molar-refractivity contribution is -0.121. The molecular formula is C15H24N2O4S. The molecule has 0 aliphatic heterocycles. The molecule has 7 heteroatoms. The lowest BCUT2D eigenvalue weighted by atomic mass is 10.2. The first-order chi connectivity index (χ1) is 10.4. The van der Waals surface area contributed by atoms with E-state index in [4.69, 9.17) is 4.74 Å². The molecule has 0 aromatic heterocycles. The number of carbonyl (C=O) groups excluding carboxylic acids is 1. The van der Waals surface area contributed by atoms with Crippen LogP contribution in [-0.2, 0) is 21.4 Å². The third kappa shape index (κ3) is 6.44. The molecule has 0 saturated carbocycles. The normalized spacial score (nSPS) is 11.5. The number of nitrogens with one attached hydrogen (secondary N) is 1. The Balaban J connectivity index is 2.52. The number of hydrogen-bond acceptors (Lipinski definition) is 4. The van der Waals surface area contributed by atoms with Crippen LogP contribution in [0.1, 0.15) is 25.3 Å². The second kappa shape index (κ2) is 8.75. The first kappa shape index (κ1) is 18.4. The number of rotatable bonds is 9. The summed E-state index contributed by atoms with van der Waals surface area (Å²) >= 11 is 0. The number of sulfonamides is 1. The van der Waals surface area contributed by atoms with E-state index in [0.29, 0.717) is 13.1 Å². The van der Waals surface area contributed by atoms with Crippen molar-refractivity contribution in [1.82, 2.24) is 9.62 Å². The first-order valence-corrected chi connectivity index (χ1v) is 9.06. The van der Waals surface area contributed by atoms with Gasteiger partial charge in [0.05, 0.1) is 19.9 Å². The molecule has 1 rings (SSSR count). The highest BCUT2D eigenvalue weighted by molar-refractivity contribution is 7.88. The van der Waals surface area contributed by atoms with Crippen LogP contribution in [0.5, 0.6) is 5.75 Å². The smallest absolute Gasteiger partial charge is 0.235 e. The van der Waals surface area contributed by atoms with Crippen LogP contribution in [0.25, 0.3) is 0 Å². The molecule has 0 aliphatic carbocycles. The predicted octanol–water partition coefficient (Wildman–Crippen LogP) is 1.37. The molecule has 0 spiro atoms. The summed E-state index contributed by atoms with van der Waals surface area (Å²) in [5.74, 6) is 0.440. The van der Waals surface area contributed by atoms with Crippen LogP contribution in [0.2, 0.25) is 0 Å². The van der Waals surface area contributed by atoms with Crippen molar-refractivity contribution in [2.75, 3.05) is 26.5 Å². The quantitative estimate of drug-likeness (QED) is 0.743. The molecule has 0 atom stereocenters. The number of nitrogens with zero attached hydrogens (tertiary/aromatic N) is 1. The topological polar surface area (TPSA) is 75.7 Å². The summed E-state index contributed by atoms with van der Waals surface area (Å²) < 4.78 is 29.6. The number of amides is 1. The molecule has 6 nitrogen and oxygen atoms in total. The Kier molecular flexibility index (Phi) is 7.34. The summed E-state index contributed by atoms with van der Waals surface area (Å²) in [7, 11) is -1.78. The van der Waals surface area contributed by atoms with E-state index in [-0.39, 0.29) is 12.5 Å². The maximum atomic E-state index is 11.9. The van der Waals surface area contributed by atoms with Gasteiger partial charge in [-0.2, -0.15) is 4.31 Å². The van der Waals surface area contributed by atoms with E-state index in [1.807, 2.05) is 31.2 Å². The average molecular weight is 328 g/mol. The number of hydrogen-bond donors (Lipinski definition) is 1. The Morgan fingerprint density at radius 3 is 2.41 bits per heavy atom. The van der Waals surface area contributed by atoms with Crippen molar-refractivity contribution in [2.24, 2.45) is 0 Å². The van der Waals surface area contributed by atoms with Crippen molar-refractivity contribution in [3.63, 3.8) is 0 Å². The van der Waals surface area contributed by atoms with Crippen LogP contribution in [0.15, 0.2) is 24.3 Å². The van der Waals surface area contributed by atoms with Gasteiger partial charge in [-0.1, -0.05) is 25.5 Å². The second-order valence-electron chi connectivity index (χ2n) is 5.07. The molecular weight excluding hydrogens is 304 g/mol. The third-order valence-corrected chi connectivity index (χ3v) is 4.45. The standard InChI is InChI=1S/C15H24N2O4S/c1-4-5-10-17(22(3,19)20)12-15(18)16-11-13-6-8-14(21-2)9-7-13/h6-9H,4-5,10-12H2,1-3H3,(H,16,18). The van der Waals surface area contributed by atoms with Gasteiger partial charge in [0.15, 0.2) is 0 Å². The fraction of sp³-hybridized carbons (Fsp3) is 0.533. The molecule has 1 aromatic carbocycles. The molecule has 0 unspecified atom stereocenters. The van der Waals surface area contributed by atoms with E-state index in [2.05, 4.69) is 5.32 Å². The molecule has 0 radical (unpaired) electrons. The maximum Gasteiger partial charge on any atom is 0.235 e. The Bertz CT molecular complexity index is 570. The summed E-state index contributed by atoms with van der Waals surface area (Å²) in [6, 6.07) is 7.33. The SMILES string of the molecule is CCCCN(CC(=O)NCc1ccc(OC)cc1)S(C)(=O)=O. The van der Waals surface area contributed by atoms with E-state index >= 15 is 0 Å². The number of carbonyl (C=O) groups is 1. The van der Waals surface area contributed by atoms with Crippen molar-refractivity contribution in [3.05, 3.63) is 29.8 Å². The molecule has 0 fully saturated rings. The fourth-order valence-corrected chi connectivity index (χ4v) is 2.67. The van der Waals surface area contributed by atoms with Crippen molar-refractivity contribution in [3.8, 4) is 5.75 Å². The molecule has 0 heterocycles. The zero-order chi connectivity index (χ0) is 16.6. The van der Waals surface area contributed by atoms with Crippen molar-refractivity contribution in [1.29, 1.82) is 0 Å². The minimum Gasteiger partial charge on any atom is -0.497 e. The second-order valence-corrected chi connectivity index (χ2v) is 7.06. The summed E-state index contributed by atoms with van der Waals surface area (Å²) in [6.45, 7) is 2.55. The van der Waals surface area contributed by atoms with Crippen molar-refractivity contribution >= 4 is 15.9 Å². The Morgan fingerprint density at radius 2 is 1.91 bits per heavy atom. The lowest BCUT2D eigenvalue weighted by Crippen LogP contribution is -2.40. The molecule has 1 N–H and O–H groups in total. The molecule has 1 aromatic rings. The minimum absolute atomic E-state index is 0.144. The predicted molar refractivity (Wildman–Crippen MR) is 86.2 cm³/mol. The van der Waals surface area contributed by atoms with Gasteiger partial charge in [-0.3, -0.25) is 4.79 Å². The van der Waals surface area contributed by atoms with Gasteiger partial charge in [-0.15, -0.1) is 0 Å². The van der Waals surface area contributed by atoms with E-state index < -0.39 is 10.0 Å². The number of benzene rings is 1. The van der Waals surface area contributed by atoms with Crippen LogP contribution < -0.4 is 10.1 Å². The van der Waals surface area contributed by atoms with Gasteiger partial charge < -0.3 is 10.1 Å². The summed E-state index contributed by atoms with van der Waals surface area (Å²) in [5, 5.41) is 2.73. The van der Waals surface area contributed by atoms with Gasteiger partial charge in [-0.25, -0.2) is 8.42 Å². The number of ether oxygens (including phenoxy) is 1. The average Bonchev–Trinajstić information content (AvgIpc) is 2.48. The van der Waals surface area contributed by atoms with Gasteiger partial charge in [0.25, 0.3) is 0 Å².